The van der Waals surface area contributed by atoms with Crippen molar-refractivity contribution in [3.8, 4) is 0 Å². The van der Waals surface area contributed by atoms with Crippen LogP contribution in [0.2, 0.25) is 0 Å². The zero-order valence-corrected chi connectivity index (χ0v) is 18.5. The lowest BCUT2D eigenvalue weighted by Gasteiger charge is -2.40. The van der Waals surface area contributed by atoms with Gasteiger partial charge >= 0.3 is 5.69 Å². The van der Waals surface area contributed by atoms with Gasteiger partial charge in [-0.1, -0.05) is 12.1 Å². The lowest BCUT2D eigenvalue weighted by atomic mass is 9.99. The van der Waals surface area contributed by atoms with Crippen molar-refractivity contribution in [1.82, 2.24) is 24.7 Å². The normalized spacial score (nSPS) is 23.5. The summed E-state index contributed by atoms with van der Waals surface area (Å²) in [5, 5.41) is 5.75. The van der Waals surface area contributed by atoms with E-state index in [9.17, 15) is 14.4 Å². The zero-order valence-electron chi connectivity index (χ0n) is 18.5. The maximum absolute atomic E-state index is 13.0. The molecule has 1 aromatic carbocycles. The molecule has 0 spiro atoms. The molecule has 2 N–H and O–H groups in total. The largest absolute Gasteiger partial charge is 0.375 e. The fraction of sp³-hybridized carbons (Fsp3) is 0.609. The molecule has 1 unspecified atom stereocenters. The minimum atomic E-state index is -0.657. The summed E-state index contributed by atoms with van der Waals surface area (Å²) in [5.41, 5.74) is 2.42. The number of carbonyl (C=O) groups excluding carboxylic acids is 2. The van der Waals surface area contributed by atoms with Crippen LogP contribution in [0.5, 0.6) is 0 Å². The molecule has 172 valence electrons. The molecule has 5 rings (SSSR count). The maximum Gasteiger partial charge on any atom is 0.329 e. The lowest BCUT2D eigenvalue weighted by Crippen LogP contribution is -2.52. The molecule has 9 nitrogen and oxygen atoms in total. The van der Waals surface area contributed by atoms with Gasteiger partial charge in [-0.25, -0.2) is 4.79 Å². The van der Waals surface area contributed by atoms with Crippen molar-refractivity contribution >= 4 is 22.8 Å². The first-order chi connectivity index (χ1) is 15.5. The molecule has 0 aliphatic carbocycles. The van der Waals surface area contributed by atoms with Gasteiger partial charge in [-0.2, -0.15) is 0 Å². The number of nitrogens with one attached hydrogen (secondary N) is 2. The number of amides is 2. The number of piperidine rings is 2. The van der Waals surface area contributed by atoms with Crippen LogP contribution in [0.3, 0.4) is 0 Å². The number of hydrogen-bond acceptors (Lipinski definition) is 6. The molecule has 3 fully saturated rings. The molecule has 32 heavy (non-hydrogen) atoms. The van der Waals surface area contributed by atoms with Gasteiger partial charge in [-0.3, -0.25) is 28.9 Å². The predicted octanol–water partition coefficient (Wildman–Crippen LogP) is 0.518. The quantitative estimate of drug-likeness (QED) is 0.635. The third kappa shape index (κ3) is 4.00. The molecule has 0 saturated carbocycles. The molecular weight excluding hydrogens is 410 g/mol. The van der Waals surface area contributed by atoms with Crippen molar-refractivity contribution in [1.29, 1.82) is 0 Å². The number of nitrogens with zero attached hydrogens (tertiary/aromatic N) is 3. The Kier molecular flexibility index (Phi) is 5.88. The monoisotopic (exact) mass is 441 g/mol. The Bertz CT molecular complexity index is 1080. The number of carbonyl (C=O) groups is 2. The summed E-state index contributed by atoms with van der Waals surface area (Å²) in [5.74, 6) is -0.0201. The van der Waals surface area contributed by atoms with Gasteiger partial charge in [0.15, 0.2) is 0 Å². The number of likely N-dealkylation sites (tertiary alicyclic amines) is 1. The fourth-order valence-electron chi connectivity index (χ4n) is 5.20. The molecule has 9 heteroatoms. The van der Waals surface area contributed by atoms with Crippen LogP contribution in [0.15, 0.2) is 23.0 Å². The van der Waals surface area contributed by atoms with Gasteiger partial charge in [-0.05, 0) is 49.9 Å². The van der Waals surface area contributed by atoms with Gasteiger partial charge < -0.3 is 10.1 Å². The highest BCUT2D eigenvalue weighted by Crippen LogP contribution is 2.27. The number of aryl methyl sites for hydroxylation is 1. The van der Waals surface area contributed by atoms with Crippen LogP contribution in [0, 0.1) is 5.92 Å². The first-order valence-electron chi connectivity index (χ1n) is 11.6. The minimum Gasteiger partial charge on any atom is -0.375 e. The number of aromatic nitrogens is 2. The van der Waals surface area contributed by atoms with Crippen molar-refractivity contribution in [2.75, 3.05) is 32.8 Å². The fourth-order valence-corrected chi connectivity index (χ4v) is 5.20. The third-order valence-corrected chi connectivity index (χ3v) is 7.05. The zero-order chi connectivity index (χ0) is 22.2. The number of hydrogen-bond donors (Lipinski definition) is 2. The standard InChI is InChI=1S/C23H31N5O4/c1-26-21-16(11-27-12-17(13-27)32-14-15-7-9-24-10-8-15)3-2-4-18(21)28(23(26)31)19-5-6-20(29)25-22(19)30/h2-4,15,17,19,24H,5-14H2,1H3,(H,25,29,30). The Balaban J connectivity index is 1.28. The molecule has 0 bridgehead atoms. The molecule has 2 amide bonds. The highest BCUT2D eigenvalue weighted by Gasteiger charge is 2.33. The molecule has 0 radical (unpaired) electrons. The molecular formula is C23H31N5O4. The number of imidazole rings is 1. The minimum absolute atomic E-state index is 0.228. The molecule has 3 saturated heterocycles. The van der Waals surface area contributed by atoms with E-state index in [4.69, 9.17) is 4.74 Å². The summed E-state index contributed by atoms with van der Waals surface area (Å²) >= 11 is 0. The number of fused-ring (bicyclic) bond motifs is 1. The van der Waals surface area contributed by atoms with E-state index < -0.39 is 11.9 Å². The van der Waals surface area contributed by atoms with E-state index in [2.05, 4.69) is 15.5 Å². The maximum atomic E-state index is 13.0. The molecule has 3 aliphatic rings. The summed E-state index contributed by atoms with van der Waals surface area (Å²) in [6, 6.07) is 5.20. The van der Waals surface area contributed by atoms with Crippen LogP contribution in [0.1, 0.15) is 37.3 Å². The number of imide groups is 1. The summed E-state index contributed by atoms with van der Waals surface area (Å²) in [4.78, 5) is 39.3. The van der Waals surface area contributed by atoms with Crippen LogP contribution in [0.25, 0.3) is 11.0 Å². The topological polar surface area (TPSA) is 97.6 Å². The van der Waals surface area contributed by atoms with Gasteiger partial charge in [0.25, 0.3) is 0 Å². The second-order valence-corrected chi connectivity index (χ2v) is 9.31. The van der Waals surface area contributed by atoms with E-state index in [0.717, 1.165) is 55.9 Å². The molecule has 1 aromatic heterocycles. The first-order valence-corrected chi connectivity index (χ1v) is 11.6. The smallest absolute Gasteiger partial charge is 0.329 e. The molecule has 1 atom stereocenters. The van der Waals surface area contributed by atoms with Crippen molar-refractivity contribution < 1.29 is 14.3 Å². The Hall–Kier alpha value is -2.49. The van der Waals surface area contributed by atoms with E-state index in [1.54, 1.807) is 16.2 Å². The van der Waals surface area contributed by atoms with Gasteiger partial charge in [0, 0.05) is 39.7 Å². The predicted molar refractivity (Wildman–Crippen MR) is 119 cm³/mol. The van der Waals surface area contributed by atoms with E-state index in [1.165, 1.54) is 12.8 Å². The third-order valence-electron chi connectivity index (χ3n) is 7.05. The number of ether oxygens (including phenoxy) is 1. The lowest BCUT2D eigenvalue weighted by molar-refractivity contribution is -0.135. The van der Waals surface area contributed by atoms with E-state index in [1.807, 2.05) is 18.2 Å². The summed E-state index contributed by atoms with van der Waals surface area (Å²) in [7, 11) is 1.75. The molecule has 4 heterocycles. The molecule has 2 aromatic rings. The number of para-hydroxylation sites is 1. The van der Waals surface area contributed by atoms with Crippen LogP contribution in [0.4, 0.5) is 0 Å². The van der Waals surface area contributed by atoms with E-state index in [0.29, 0.717) is 12.3 Å². The van der Waals surface area contributed by atoms with Gasteiger partial charge in [-0.15, -0.1) is 0 Å². The Morgan fingerprint density at radius 1 is 1.09 bits per heavy atom. The highest BCUT2D eigenvalue weighted by molar-refractivity contribution is 6.00. The van der Waals surface area contributed by atoms with Gasteiger partial charge in [0.1, 0.15) is 6.04 Å². The molecule has 3 aliphatic heterocycles. The summed E-state index contributed by atoms with van der Waals surface area (Å²) in [6.45, 7) is 5.54. The van der Waals surface area contributed by atoms with Crippen molar-refractivity contribution in [2.24, 2.45) is 13.0 Å². The van der Waals surface area contributed by atoms with Gasteiger partial charge in [0.2, 0.25) is 11.8 Å². The Labute approximate surface area is 186 Å². The number of rotatable bonds is 6. The van der Waals surface area contributed by atoms with Crippen LogP contribution in [-0.4, -0.2) is 64.7 Å². The van der Waals surface area contributed by atoms with Crippen molar-refractivity contribution in [2.45, 2.75) is 44.4 Å². The second-order valence-electron chi connectivity index (χ2n) is 9.31. The Morgan fingerprint density at radius 2 is 1.88 bits per heavy atom. The average Bonchev–Trinajstić information content (AvgIpc) is 3.01. The highest BCUT2D eigenvalue weighted by atomic mass is 16.5. The van der Waals surface area contributed by atoms with Crippen LogP contribution >= 0.6 is 0 Å². The first kappa shape index (κ1) is 21.4. The van der Waals surface area contributed by atoms with Gasteiger partial charge in [0.05, 0.1) is 17.1 Å². The number of benzene rings is 1. The van der Waals surface area contributed by atoms with E-state index in [-0.39, 0.29) is 24.1 Å². The Morgan fingerprint density at radius 3 is 2.62 bits per heavy atom. The second kappa shape index (κ2) is 8.80. The summed E-state index contributed by atoms with van der Waals surface area (Å²) < 4.78 is 9.29. The van der Waals surface area contributed by atoms with Crippen LogP contribution < -0.4 is 16.3 Å². The van der Waals surface area contributed by atoms with Crippen molar-refractivity contribution in [3.05, 3.63) is 34.2 Å². The summed E-state index contributed by atoms with van der Waals surface area (Å²) in [6.07, 6.45) is 3.25. The van der Waals surface area contributed by atoms with E-state index >= 15 is 0 Å². The average molecular weight is 442 g/mol. The van der Waals surface area contributed by atoms with Crippen molar-refractivity contribution in [3.63, 3.8) is 0 Å². The van der Waals surface area contributed by atoms with Crippen LogP contribution in [-0.2, 0) is 27.9 Å². The SMILES string of the molecule is Cn1c(=O)n(C2CCC(=O)NC2=O)c2cccc(CN3CC(OCC4CCNCC4)C3)c21.